The summed E-state index contributed by atoms with van der Waals surface area (Å²) in [6.45, 7) is 2.86. The summed E-state index contributed by atoms with van der Waals surface area (Å²) < 4.78 is 7.58. The average Bonchev–Trinajstić information content (AvgIpc) is 3.14. The molecule has 0 aliphatic carbocycles. The largest absolute Gasteiger partial charge is 0.467 e. The van der Waals surface area contributed by atoms with Gasteiger partial charge in [-0.15, -0.1) is 0 Å². The number of nitrogens with zero attached hydrogens (tertiary/aromatic N) is 2. The molecule has 1 N–H and O–H groups in total. The number of nitrogens with one attached hydrogen (secondary N) is 1. The van der Waals surface area contributed by atoms with Gasteiger partial charge in [0.1, 0.15) is 17.6 Å². The van der Waals surface area contributed by atoms with Crippen LogP contribution in [-0.2, 0) is 13.6 Å². The van der Waals surface area contributed by atoms with E-state index in [4.69, 9.17) is 4.42 Å². The summed E-state index contributed by atoms with van der Waals surface area (Å²) in [6, 6.07) is 12.3. The maximum atomic E-state index is 5.57. The molecule has 2 heterocycles. The lowest BCUT2D eigenvalue weighted by molar-refractivity contribution is 0.429. The quantitative estimate of drug-likeness (QED) is 0.781. The van der Waals surface area contributed by atoms with Crippen LogP contribution in [0.3, 0.4) is 0 Å². The van der Waals surface area contributed by atoms with Gasteiger partial charge in [0, 0.05) is 26.0 Å². The van der Waals surface area contributed by atoms with Crippen molar-refractivity contribution in [1.29, 1.82) is 0 Å². The van der Waals surface area contributed by atoms with Gasteiger partial charge in [-0.25, -0.2) is 4.98 Å². The summed E-state index contributed by atoms with van der Waals surface area (Å²) in [6.07, 6.45) is 5.44. The van der Waals surface area contributed by atoms with Gasteiger partial charge in [-0.1, -0.05) is 29.8 Å². The molecule has 0 spiro atoms. The van der Waals surface area contributed by atoms with E-state index in [1.54, 1.807) is 12.5 Å². The molecular weight excluding hydrogens is 262 g/mol. The molecule has 0 fully saturated rings. The lowest BCUT2D eigenvalue weighted by atomic mass is 10.1. The van der Waals surface area contributed by atoms with Crippen LogP contribution in [-0.4, -0.2) is 9.55 Å². The molecule has 2 aromatic heterocycles. The molecule has 0 saturated carbocycles. The minimum absolute atomic E-state index is 0.0543. The average molecular weight is 281 g/mol. The van der Waals surface area contributed by atoms with Gasteiger partial charge < -0.3 is 8.98 Å². The molecule has 1 atom stereocenters. The van der Waals surface area contributed by atoms with Crippen LogP contribution in [0.1, 0.15) is 28.8 Å². The van der Waals surface area contributed by atoms with Crippen LogP contribution in [0.25, 0.3) is 0 Å². The second-order valence-electron chi connectivity index (χ2n) is 5.21. The lowest BCUT2D eigenvalue weighted by Gasteiger charge is -2.16. The highest BCUT2D eigenvalue weighted by molar-refractivity contribution is 5.22. The molecule has 0 aliphatic rings. The van der Waals surface area contributed by atoms with Crippen LogP contribution in [0.2, 0.25) is 0 Å². The second-order valence-corrected chi connectivity index (χ2v) is 5.21. The van der Waals surface area contributed by atoms with Gasteiger partial charge in [-0.3, -0.25) is 5.32 Å². The molecule has 4 nitrogen and oxygen atoms in total. The van der Waals surface area contributed by atoms with E-state index in [1.165, 1.54) is 11.1 Å². The predicted octanol–water partition coefficient (Wildman–Crippen LogP) is 3.20. The Hall–Kier alpha value is -2.33. The van der Waals surface area contributed by atoms with Crippen molar-refractivity contribution in [3.63, 3.8) is 0 Å². The van der Waals surface area contributed by atoms with Crippen LogP contribution in [0, 0.1) is 6.92 Å². The van der Waals surface area contributed by atoms with Crippen LogP contribution in [0.4, 0.5) is 0 Å². The molecule has 0 aliphatic heterocycles. The minimum Gasteiger partial charge on any atom is -0.467 e. The molecule has 3 aromatic rings. The van der Waals surface area contributed by atoms with Crippen molar-refractivity contribution in [1.82, 2.24) is 14.9 Å². The topological polar surface area (TPSA) is 43.0 Å². The van der Waals surface area contributed by atoms with Crippen LogP contribution in [0.5, 0.6) is 0 Å². The molecule has 0 bridgehead atoms. The minimum atomic E-state index is -0.0543. The Bertz CT molecular complexity index is 683. The van der Waals surface area contributed by atoms with E-state index in [0.29, 0.717) is 0 Å². The Morgan fingerprint density at radius 3 is 2.67 bits per heavy atom. The lowest BCUT2D eigenvalue weighted by Crippen LogP contribution is -2.24. The van der Waals surface area contributed by atoms with Gasteiger partial charge in [-0.2, -0.15) is 0 Å². The van der Waals surface area contributed by atoms with E-state index in [9.17, 15) is 0 Å². The molecule has 108 valence electrons. The van der Waals surface area contributed by atoms with Gasteiger partial charge in [-0.05, 0) is 24.6 Å². The zero-order valence-electron chi connectivity index (χ0n) is 12.3. The highest BCUT2D eigenvalue weighted by Gasteiger charge is 2.20. The Balaban J connectivity index is 1.80. The number of hydrogen-bond acceptors (Lipinski definition) is 3. The third-order valence-electron chi connectivity index (χ3n) is 3.58. The zero-order valence-corrected chi connectivity index (χ0v) is 12.3. The van der Waals surface area contributed by atoms with Crippen LogP contribution < -0.4 is 5.32 Å². The van der Waals surface area contributed by atoms with Crippen molar-refractivity contribution in [2.24, 2.45) is 7.05 Å². The van der Waals surface area contributed by atoms with Crippen molar-refractivity contribution in [3.8, 4) is 0 Å². The number of benzene rings is 1. The first kappa shape index (κ1) is 13.6. The van der Waals surface area contributed by atoms with Gasteiger partial charge >= 0.3 is 0 Å². The summed E-state index contributed by atoms with van der Waals surface area (Å²) >= 11 is 0. The van der Waals surface area contributed by atoms with E-state index >= 15 is 0 Å². The normalized spacial score (nSPS) is 12.5. The Kier molecular flexibility index (Phi) is 3.88. The fourth-order valence-corrected chi connectivity index (χ4v) is 2.36. The summed E-state index contributed by atoms with van der Waals surface area (Å²) in [5.74, 6) is 1.81. The standard InChI is InChI=1S/C17H19N3O/c1-13-5-7-14(8-6-13)12-19-16(15-4-3-11-21-15)17-18-9-10-20(17)2/h3-11,16,19H,12H2,1-2H3. The van der Waals surface area contributed by atoms with E-state index < -0.39 is 0 Å². The van der Waals surface area contributed by atoms with Crippen molar-refractivity contribution >= 4 is 0 Å². The van der Waals surface area contributed by atoms with E-state index in [0.717, 1.165) is 18.1 Å². The van der Waals surface area contributed by atoms with Crippen LogP contribution >= 0.6 is 0 Å². The molecule has 21 heavy (non-hydrogen) atoms. The molecule has 1 unspecified atom stereocenters. The molecule has 3 rings (SSSR count). The highest BCUT2D eigenvalue weighted by atomic mass is 16.3. The third kappa shape index (κ3) is 3.06. The van der Waals surface area contributed by atoms with Crippen molar-refractivity contribution < 1.29 is 4.42 Å². The van der Waals surface area contributed by atoms with E-state index in [2.05, 4.69) is 41.5 Å². The van der Waals surface area contributed by atoms with Gasteiger partial charge in [0.25, 0.3) is 0 Å². The predicted molar refractivity (Wildman–Crippen MR) is 81.8 cm³/mol. The zero-order chi connectivity index (χ0) is 14.7. The van der Waals surface area contributed by atoms with Crippen molar-refractivity contribution in [3.05, 3.63) is 77.8 Å². The number of hydrogen-bond donors (Lipinski definition) is 1. The van der Waals surface area contributed by atoms with Crippen molar-refractivity contribution in [2.75, 3.05) is 0 Å². The van der Waals surface area contributed by atoms with Gasteiger partial charge in [0.05, 0.1) is 6.26 Å². The molecule has 0 saturated heterocycles. The number of aryl methyl sites for hydroxylation is 2. The number of furan rings is 1. The van der Waals surface area contributed by atoms with Gasteiger partial charge in [0.15, 0.2) is 0 Å². The first-order valence-electron chi connectivity index (χ1n) is 7.03. The number of rotatable bonds is 5. The summed E-state index contributed by atoms with van der Waals surface area (Å²) in [5.41, 5.74) is 2.51. The first-order chi connectivity index (χ1) is 10.2. The third-order valence-corrected chi connectivity index (χ3v) is 3.58. The number of aromatic nitrogens is 2. The van der Waals surface area contributed by atoms with Gasteiger partial charge in [0.2, 0.25) is 0 Å². The molecule has 4 heteroatoms. The van der Waals surface area contributed by atoms with Crippen LogP contribution in [0.15, 0.2) is 59.5 Å². The molecule has 0 radical (unpaired) electrons. The second kappa shape index (κ2) is 5.97. The first-order valence-corrected chi connectivity index (χ1v) is 7.03. The fourth-order valence-electron chi connectivity index (χ4n) is 2.36. The molecule has 0 amide bonds. The maximum Gasteiger partial charge on any atom is 0.133 e. The fraction of sp³-hybridized carbons (Fsp3) is 0.235. The molecule has 1 aromatic carbocycles. The molecular formula is C17H19N3O. The smallest absolute Gasteiger partial charge is 0.133 e. The summed E-state index contributed by atoms with van der Waals surface area (Å²) in [5, 5.41) is 3.52. The maximum absolute atomic E-state index is 5.57. The highest BCUT2D eigenvalue weighted by Crippen LogP contribution is 2.21. The Labute approximate surface area is 124 Å². The summed E-state index contributed by atoms with van der Waals surface area (Å²) in [4.78, 5) is 4.44. The Morgan fingerprint density at radius 1 is 1.24 bits per heavy atom. The van der Waals surface area contributed by atoms with Crippen molar-refractivity contribution in [2.45, 2.75) is 19.5 Å². The monoisotopic (exact) mass is 281 g/mol. The van der Waals surface area contributed by atoms with E-state index in [1.807, 2.05) is 29.9 Å². The number of imidazole rings is 1. The van der Waals surface area contributed by atoms with E-state index in [-0.39, 0.29) is 6.04 Å². The Morgan fingerprint density at radius 2 is 2.05 bits per heavy atom. The summed E-state index contributed by atoms with van der Waals surface area (Å²) in [7, 11) is 1.99. The SMILES string of the molecule is Cc1ccc(CNC(c2ccco2)c2nccn2C)cc1.